The summed E-state index contributed by atoms with van der Waals surface area (Å²) < 4.78 is 23.6. The molecule has 1 aromatic heterocycles. The number of hydrogen-bond acceptors (Lipinski definition) is 6. The summed E-state index contributed by atoms with van der Waals surface area (Å²) >= 11 is 0. The maximum absolute atomic E-state index is 12.3. The van der Waals surface area contributed by atoms with Crippen LogP contribution in [0.5, 0.6) is 23.1 Å². The van der Waals surface area contributed by atoms with Crippen molar-refractivity contribution in [2.45, 2.75) is 26.2 Å². The van der Waals surface area contributed by atoms with Crippen LogP contribution >= 0.6 is 0 Å². The molecule has 1 heterocycles. The monoisotopic (exact) mass is 453 g/mol. The first-order valence-corrected chi connectivity index (χ1v) is 10.9. The highest BCUT2D eigenvalue weighted by molar-refractivity contribution is 5.76. The number of carbonyl (C=O) groups excluding carboxylic acids is 1. The summed E-state index contributed by atoms with van der Waals surface area (Å²) in [5.74, 6) is 2.70. The van der Waals surface area contributed by atoms with E-state index in [1.165, 1.54) is 0 Å². The van der Waals surface area contributed by atoms with Gasteiger partial charge in [0.25, 0.3) is 0 Å². The number of methoxy groups -OCH3 is 3. The van der Waals surface area contributed by atoms with Crippen molar-refractivity contribution < 1.29 is 23.7 Å². The fourth-order valence-corrected chi connectivity index (χ4v) is 3.39. The standard InChI is InChI=1S/C25H31N3O5/c1-5-23-22(14-15-24(29)26-16-17-30-2)25(33-21-12-10-20(32-4)11-13-21)28(27-23)18-6-8-19(31-3)9-7-18/h6-13H,5,14-17H2,1-4H3,(H,26,29). The predicted molar refractivity (Wildman–Crippen MR) is 126 cm³/mol. The van der Waals surface area contributed by atoms with E-state index in [2.05, 4.69) is 5.32 Å². The van der Waals surface area contributed by atoms with Gasteiger partial charge in [-0.15, -0.1) is 0 Å². The van der Waals surface area contributed by atoms with Crippen LogP contribution in [0.2, 0.25) is 0 Å². The summed E-state index contributed by atoms with van der Waals surface area (Å²) in [6, 6.07) is 15.0. The number of nitrogens with zero attached hydrogens (tertiary/aromatic N) is 2. The van der Waals surface area contributed by atoms with E-state index >= 15 is 0 Å². The van der Waals surface area contributed by atoms with Crippen molar-refractivity contribution in [2.24, 2.45) is 0 Å². The van der Waals surface area contributed by atoms with E-state index in [9.17, 15) is 4.79 Å². The lowest BCUT2D eigenvalue weighted by Crippen LogP contribution is -2.27. The van der Waals surface area contributed by atoms with E-state index < -0.39 is 0 Å². The minimum absolute atomic E-state index is 0.0401. The van der Waals surface area contributed by atoms with Crippen LogP contribution in [0.3, 0.4) is 0 Å². The van der Waals surface area contributed by atoms with Crippen molar-refractivity contribution in [2.75, 3.05) is 34.5 Å². The molecule has 8 nitrogen and oxygen atoms in total. The van der Waals surface area contributed by atoms with Gasteiger partial charge in [0.05, 0.1) is 32.2 Å². The number of aryl methyl sites for hydroxylation is 1. The average molecular weight is 454 g/mol. The van der Waals surface area contributed by atoms with Crippen LogP contribution in [-0.4, -0.2) is 50.2 Å². The quantitative estimate of drug-likeness (QED) is 0.418. The Labute approximate surface area is 194 Å². The second-order valence-corrected chi connectivity index (χ2v) is 7.31. The van der Waals surface area contributed by atoms with Crippen LogP contribution in [0.25, 0.3) is 5.69 Å². The zero-order valence-electron chi connectivity index (χ0n) is 19.6. The zero-order valence-corrected chi connectivity index (χ0v) is 19.6. The molecule has 0 aliphatic rings. The lowest BCUT2D eigenvalue weighted by atomic mass is 10.1. The van der Waals surface area contributed by atoms with Crippen LogP contribution in [0.15, 0.2) is 48.5 Å². The van der Waals surface area contributed by atoms with Gasteiger partial charge in [-0.1, -0.05) is 6.92 Å². The molecule has 1 amide bonds. The third kappa shape index (κ3) is 6.26. The normalized spacial score (nSPS) is 10.7. The number of hydrogen-bond donors (Lipinski definition) is 1. The predicted octanol–water partition coefficient (Wildman–Crippen LogP) is 3.94. The molecular formula is C25H31N3O5. The molecule has 1 N–H and O–H groups in total. The maximum atomic E-state index is 12.3. The molecule has 0 aliphatic carbocycles. The Hall–Kier alpha value is -3.52. The Balaban J connectivity index is 1.94. The van der Waals surface area contributed by atoms with Crippen LogP contribution in [0, 0.1) is 0 Å². The second-order valence-electron chi connectivity index (χ2n) is 7.31. The van der Waals surface area contributed by atoms with Crippen molar-refractivity contribution in [3.63, 3.8) is 0 Å². The number of aromatic nitrogens is 2. The van der Waals surface area contributed by atoms with Crippen molar-refractivity contribution >= 4 is 5.91 Å². The van der Waals surface area contributed by atoms with E-state index in [1.807, 2.05) is 55.5 Å². The molecule has 0 radical (unpaired) electrons. The first-order valence-electron chi connectivity index (χ1n) is 10.9. The van der Waals surface area contributed by atoms with Gasteiger partial charge in [-0.25, -0.2) is 4.68 Å². The Morgan fingerprint density at radius 3 is 2.12 bits per heavy atom. The first kappa shape index (κ1) is 24.1. The number of nitrogens with one attached hydrogen (secondary N) is 1. The smallest absolute Gasteiger partial charge is 0.226 e. The molecule has 0 aliphatic heterocycles. The average Bonchev–Trinajstić information content (AvgIpc) is 3.20. The fraction of sp³-hybridized carbons (Fsp3) is 0.360. The summed E-state index contributed by atoms with van der Waals surface area (Å²) in [5.41, 5.74) is 2.63. The molecule has 0 saturated carbocycles. The topological polar surface area (TPSA) is 83.8 Å². The largest absolute Gasteiger partial charge is 0.497 e. The van der Waals surface area contributed by atoms with Crippen LogP contribution in [0.1, 0.15) is 24.6 Å². The Morgan fingerprint density at radius 2 is 1.55 bits per heavy atom. The summed E-state index contributed by atoms with van der Waals surface area (Å²) in [4.78, 5) is 12.3. The summed E-state index contributed by atoms with van der Waals surface area (Å²) in [5, 5.41) is 7.68. The molecule has 33 heavy (non-hydrogen) atoms. The van der Waals surface area contributed by atoms with Crippen molar-refractivity contribution in [1.82, 2.24) is 15.1 Å². The summed E-state index contributed by atoms with van der Waals surface area (Å²) in [6.45, 7) is 3.00. The molecule has 0 atom stereocenters. The van der Waals surface area contributed by atoms with Crippen molar-refractivity contribution in [1.29, 1.82) is 0 Å². The molecule has 3 aromatic rings. The Kier molecular flexibility index (Phi) is 8.71. The van der Waals surface area contributed by atoms with Gasteiger partial charge < -0.3 is 24.3 Å². The Morgan fingerprint density at radius 1 is 0.939 bits per heavy atom. The van der Waals surface area contributed by atoms with Gasteiger partial charge in [0.2, 0.25) is 11.8 Å². The minimum Gasteiger partial charge on any atom is -0.497 e. The highest BCUT2D eigenvalue weighted by Crippen LogP contribution is 2.33. The van der Waals surface area contributed by atoms with E-state index in [0.29, 0.717) is 44.0 Å². The summed E-state index contributed by atoms with van der Waals surface area (Å²) in [6.07, 6.45) is 1.54. The first-order chi connectivity index (χ1) is 16.1. The van der Waals surface area contributed by atoms with Crippen molar-refractivity contribution in [3.8, 4) is 28.8 Å². The molecule has 0 fully saturated rings. The fourth-order valence-electron chi connectivity index (χ4n) is 3.39. The van der Waals surface area contributed by atoms with Gasteiger partial charge in [-0.05, 0) is 61.4 Å². The van der Waals surface area contributed by atoms with Gasteiger partial charge in [0.15, 0.2) is 0 Å². The lowest BCUT2D eigenvalue weighted by molar-refractivity contribution is -0.121. The lowest BCUT2D eigenvalue weighted by Gasteiger charge is -2.12. The molecule has 3 rings (SSSR count). The van der Waals surface area contributed by atoms with E-state index in [0.717, 1.165) is 28.4 Å². The van der Waals surface area contributed by atoms with Crippen LogP contribution in [0.4, 0.5) is 0 Å². The maximum Gasteiger partial charge on any atom is 0.226 e. The van der Waals surface area contributed by atoms with Gasteiger partial charge in [0.1, 0.15) is 17.2 Å². The van der Waals surface area contributed by atoms with Gasteiger partial charge >= 0.3 is 0 Å². The number of ether oxygens (including phenoxy) is 4. The SMILES string of the molecule is CCc1nn(-c2ccc(OC)cc2)c(Oc2ccc(OC)cc2)c1CCC(=O)NCCOC. The molecule has 176 valence electrons. The van der Waals surface area contributed by atoms with Gasteiger partial charge in [-0.3, -0.25) is 4.79 Å². The van der Waals surface area contributed by atoms with E-state index in [-0.39, 0.29) is 5.91 Å². The van der Waals surface area contributed by atoms with Crippen molar-refractivity contribution in [3.05, 3.63) is 59.8 Å². The molecule has 0 bridgehead atoms. The number of carbonyl (C=O) groups is 1. The van der Waals surface area contributed by atoms with Gasteiger partial charge in [-0.2, -0.15) is 5.10 Å². The number of benzene rings is 2. The highest BCUT2D eigenvalue weighted by atomic mass is 16.5. The van der Waals surface area contributed by atoms with E-state index in [1.54, 1.807) is 26.0 Å². The third-order valence-corrected chi connectivity index (χ3v) is 5.18. The van der Waals surface area contributed by atoms with E-state index in [4.69, 9.17) is 24.0 Å². The molecule has 0 saturated heterocycles. The number of amides is 1. The van der Waals surface area contributed by atoms with Crippen LogP contribution < -0.4 is 19.5 Å². The van der Waals surface area contributed by atoms with Gasteiger partial charge in [0, 0.05) is 25.6 Å². The molecule has 2 aromatic carbocycles. The second kappa shape index (κ2) is 11.9. The summed E-state index contributed by atoms with van der Waals surface area (Å²) in [7, 11) is 4.86. The highest BCUT2D eigenvalue weighted by Gasteiger charge is 2.21. The molecular weight excluding hydrogens is 422 g/mol. The third-order valence-electron chi connectivity index (χ3n) is 5.18. The molecule has 0 spiro atoms. The molecule has 8 heteroatoms. The number of rotatable bonds is 12. The minimum atomic E-state index is -0.0401. The Bertz CT molecular complexity index is 1030. The molecule has 0 unspecified atom stereocenters. The zero-order chi connectivity index (χ0) is 23.6. The van der Waals surface area contributed by atoms with Crippen LogP contribution in [-0.2, 0) is 22.4 Å².